The summed E-state index contributed by atoms with van der Waals surface area (Å²) in [7, 11) is -3.22. The number of carbonyl (C=O) groups is 1. The molecule has 1 saturated heterocycles. The number of anilines is 2. The molecule has 1 N–H and O–H groups in total. The number of nitrogens with one attached hydrogen (secondary N) is 1. The van der Waals surface area contributed by atoms with Crippen molar-refractivity contribution in [1.29, 1.82) is 0 Å². The average molecular weight is 385 g/mol. The van der Waals surface area contributed by atoms with E-state index in [1.807, 2.05) is 0 Å². The highest BCUT2D eigenvalue weighted by atomic mass is 35.5. The van der Waals surface area contributed by atoms with Gasteiger partial charge in [0.05, 0.1) is 17.3 Å². The predicted octanol–water partition coefficient (Wildman–Crippen LogP) is 2.01. The summed E-state index contributed by atoms with van der Waals surface area (Å²) in [6.07, 6.45) is 2.50. The maximum atomic E-state index is 11.9. The number of carbonyl (C=O) groups excluding carboxylic acids is 1. The Balaban J connectivity index is 1.69. The summed E-state index contributed by atoms with van der Waals surface area (Å²) in [5, 5.41) is 7.20. The second-order valence-corrected chi connectivity index (χ2v) is 8.39. The Morgan fingerprint density at radius 2 is 2.20 bits per heavy atom. The zero-order valence-corrected chi connectivity index (χ0v) is 15.1. The molecule has 134 valence electrons. The van der Waals surface area contributed by atoms with Gasteiger partial charge < -0.3 is 14.7 Å². The van der Waals surface area contributed by atoms with Crippen molar-refractivity contribution in [2.24, 2.45) is 0 Å². The van der Waals surface area contributed by atoms with Gasteiger partial charge in [-0.1, -0.05) is 16.8 Å². The Labute approximate surface area is 150 Å². The molecular weight excluding hydrogens is 368 g/mol. The number of nitrogens with zero attached hydrogens (tertiary/aromatic N) is 3. The van der Waals surface area contributed by atoms with Crippen LogP contribution in [0.4, 0.5) is 11.4 Å². The van der Waals surface area contributed by atoms with Crippen molar-refractivity contribution in [1.82, 2.24) is 10.1 Å². The van der Waals surface area contributed by atoms with Crippen molar-refractivity contribution in [3.63, 3.8) is 0 Å². The largest absolute Gasteiger partial charge is 0.375 e. The van der Waals surface area contributed by atoms with Crippen molar-refractivity contribution >= 4 is 38.7 Å². The van der Waals surface area contributed by atoms with Gasteiger partial charge in [-0.05, 0) is 24.6 Å². The first-order valence-electron chi connectivity index (χ1n) is 7.65. The number of halogens is 1. The Morgan fingerprint density at radius 1 is 1.40 bits per heavy atom. The van der Waals surface area contributed by atoms with Gasteiger partial charge in [-0.15, -0.1) is 0 Å². The van der Waals surface area contributed by atoms with E-state index in [1.165, 1.54) is 0 Å². The van der Waals surface area contributed by atoms with E-state index in [4.69, 9.17) is 16.1 Å². The average Bonchev–Trinajstić information content (AvgIpc) is 3.14. The van der Waals surface area contributed by atoms with Crippen LogP contribution >= 0.6 is 11.6 Å². The topological polar surface area (TPSA) is 105 Å². The molecule has 0 spiro atoms. The first kappa shape index (κ1) is 17.7. The highest BCUT2D eigenvalue weighted by Gasteiger charge is 2.22. The SMILES string of the molecule is CS(=O)(=O)Cc1noc(CNc2cc(N3CCCC3=O)ccc2Cl)n1. The molecule has 25 heavy (non-hydrogen) atoms. The molecule has 1 aliphatic rings. The monoisotopic (exact) mass is 384 g/mol. The van der Waals surface area contributed by atoms with E-state index in [0.717, 1.165) is 18.4 Å². The molecule has 2 heterocycles. The highest BCUT2D eigenvalue weighted by Crippen LogP contribution is 2.30. The highest BCUT2D eigenvalue weighted by molar-refractivity contribution is 7.89. The minimum atomic E-state index is -3.22. The summed E-state index contributed by atoms with van der Waals surface area (Å²) in [6, 6.07) is 5.31. The number of sulfone groups is 1. The molecule has 0 atom stereocenters. The zero-order valence-electron chi connectivity index (χ0n) is 13.5. The molecule has 10 heteroatoms. The molecule has 1 amide bonds. The summed E-state index contributed by atoms with van der Waals surface area (Å²) >= 11 is 6.19. The Hall–Kier alpha value is -2.13. The van der Waals surface area contributed by atoms with Gasteiger partial charge >= 0.3 is 0 Å². The molecule has 1 fully saturated rings. The second-order valence-electron chi connectivity index (χ2n) is 5.84. The standard InChI is InChI=1S/C15H17ClN4O4S/c1-25(22,23)9-13-18-14(24-19-13)8-17-12-7-10(4-5-11(12)16)20-6-2-3-15(20)21/h4-5,7,17H,2-3,6,8-9H2,1H3. The van der Waals surface area contributed by atoms with Crippen LogP contribution in [0.3, 0.4) is 0 Å². The lowest BCUT2D eigenvalue weighted by molar-refractivity contribution is -0.117. The van der Waals surface area contributed by atoms with Crippen LogP contribution in [-0.4, -0.2) is 37.3 Å². The lowest BCUT2D eigenvalue weighted by Crippen LogP contribution is -2.23. The van der Waals surface area contributed by atoms with Gasteiger partial charge in [0.1, 0.15) is 5.75 Å². The lowest BCUT2D eigenvalue weighted by atomic mass is 10.2. The molecule has 0 bridgehead atoms. The summed E-state index contributed by atoms with van der Waals surface area (Å²) in [4.78, 5) is 17.6. The van der Waals surface area contributed by atoms with Crippen molar-refractivity contribution in [3.05, 3.63) is 34.9 Å². The maximum Gasteiger partial charge on any atom is 0.245 e. The lowest BCUT2D eigenvalue weighted by Gasteiger charge is -2.17. The van der Waals surface area contributed by atoms with E-state index in [-0.39, 0.29) is 29.9 Å². The van der Waals surface area contributed by atoms with Crippen LogP contribution in [0, 0.1) is 0 Å². The van der Waals surface area contributed by atoms with Crippen LogP contribution in [-0.2, 0) is 26.9 Å². The van der Waals surface area contributed by atoms with Crippen LogP contribution in [0.2, 0.25) is 5.02 Å². The summed E-state index contributed by atoms with van der Waals surface area (Å²) in [5.74, 6) is 0.179. The molecule has 1 aromatic heterocycles. The minimum Gasteiger partial charge on any atom is -0.375 e. The zero-order chi connectivity index (χ0) is 18.0. The van der Waals surface area contributed by atoms with Gasteiger partial charge in [0.15, 0.2) is 15.7 Å². The molecule has 3 rings (SSSR count). The van der Waals surface area contributed by atoms with Gasteiger partial charge in [0.2, 0.25) is 11.8 Å². The molecule has 0 aliphatic carbocycles. The smallest absolute Gasteiger partial charge is 0.245 e. The van der Waals surface area contributed by atoms with Crippen molar-refractivity contribution in [2.45, 2.75) is 25.1 Å². The Kier molecular flexibility index (Phi) is 4.96. The van der Waals surface area contributed by atoms with Gasteiger partial charge in [0, 0.05) is 24.9 Å². The van der Waals surface area contributed by atoms with Gasteiger partial charge in [-0.3, -0.25) is 4.79 Å². The number of aromatic nitrogens is 2. The first-order chi connectivity index (χ1) is 11.8. The molecule has 1 aromatic carbocycles. The van der Waals surface area contributed by atoms with Gasteiger partial charge in [0.25, 0.3) is 0 Å². The van der Waals surface area contributed by atoms with Gasteiger partial charge in [-0.2, -0.15) is 4.98 Å². The fourth-order valence-electron chi connectivity index (χ4n) is 2.56. The Morgan fingerprint density at radius 3 is 2.88 bits per heavy atom. The molecule has 2 aromatic rings. The van der Waals surface area contributed by atoms with E-state index < -0.39 is 9.84 Å². The van der Waals surface area contributed by atoms with Crippen LogP contribution < -0.4 is 10.2 Å². The third-order valence-corrected chi connectivity index (χ3v) is 4.78. The van der Waals surface area contributed by atoms with E-state index >= 15 is 0 Å². The van der Waals surface area contributed by atoms with Crippen molar-refractivity contribution in [3.8, 4) is 0 Å². The normalized spacial score (nSPS) is 15.0. The molecule has 1 aliphatic heterocycles. The molecule has 0 unspecified atom stereocenters. The molecule has 0 saturated carbocycles. The van der Waals surface area contributed by atoms with Crippen molar-refractivity contribution < 1.29 is 17.7 Å². The molecule has 8 nitrogen and oxygen atoms in total. The number of rotatable bonds is 6. The fourth-order valence-corrected chi connectivity index (χ4v) is 3.33. The summed E-state index contributed by atoms with van der Waals surface area (Å²) in [6.45, 7) is 0.881. The number of benzene rings is 1. The molecule has 0 radical (unpaired) electrons. The van der Waals surface area contributed by atoms with Gasteiger partial charge in [-0.25, -0.2) is 8.42 Å². The van der Waals surface area contributed by atoms with Crippen LogP contribution in [0.25, 0.3) is 0 Å². The number of hydrogen-bond acceptors (Lipinski definition) is 7. The van der Waals surface area contributed by atoms with E-state index in [0.29, 0.717) is 23.7 Å². The third kappa shape index (κ3) is 4.49. The van der Waals surface area contributed by atoms with E-state index in [2.05, 4.69) is 15.5 Å². The van der Waals surface area contributed by atoms with Crippen molar-refractivity contribution in [2.75, 3.05) is 23.0 Å². The van der Waals surface area contributed by atoms with Crippen LogP contribution in [0.5, 0.6) is 0 Å². The molecular formula is C15H17ClN4O4S. The third-order valence-electron chi connectivity index (χ3n) is 3.67. The van der Waals surface area contributed by atoms with Crippen LogP contribution in [0.1, 0.15) is 24.6 Å². The van der Waals surface area contributed by atoms with E-state index in [9.17, 15) is 13.2 Å². The summed E-state index contributed by atoms with van der Waals surface area (Å²) in [5.41, 5.74) is 1.40. The Bertz CT molecular complexity index is 897. The minimum absolute atomic E-state index is 0.0931. The quantitative estimate of drug-likeness (QED) is 0.811. The van der Waals surface area contributed by atoms with Crippen LogP contribution in [0.15, 0.2) is 22.7 Å². The number of amides is 1. The number of hydrogen-bond donors (Lipinski definition) is 1. The van der Waals surface area contributed by atoms with E-state index in [1.54, 1.807) is 23.1 Å². The second kappa shape index (κ2) is 7.01. The summed E-state index contributed by atoms with van der Waals surface area (Å²) < 4.78 is 27.5. The fraction of sp³-hybridized carbons (Fsp3) is 0.400. The predicted molar refractivity (Wildman–Crippen MR) is 93.2 cm³/mol. The maximum absolute atomic E-state index is 11.9. The first-order valence-corrected chi connectivity index (χ1v) is 10.1.